The molecule has 1 heterocycles. The van der Waals surface area contributed by atoms with E-state index in [4.69, 9.17) is 0 Å². The van der Waals surface area contributed by atoms with Crippen LogP contribution in [0, 0.1) is 0 Å². The van der Waals surface area contributed by atoms with Crippen molar-refractivity contribution in [3.63, 3.8) is 0 Å². The topological polar surface area (TPSA) is 4.93 Å². The fraction of sp³-hybridized carbons (Fsp3) is 0.0698. The van der Waals surface area contributed by atoms with E-state index in [1.165, 1.54) is 77.2 Å². The molecule has 1 aromatic heterocycles. The Hall–Kier alpha value is -5.40. The summed E-state index contributed by atoms with van der Waals surface area (Å²) in [5.41, 5.74) is 13.4. The molecule has 0 aliphatic heterocycles. The molecule has 7 aromatic carbocycles. The van der Waals surface area contributed by atoms with Gasteiger partial charge in [-0.2, -0.15) is 0 Å². The molecule has 1 aliphatic rings. The number of benzene rings is 7. The van der Waals surface area contributed by atoms with Gasteiger partial charge in [-0.1, -0.05) is 133 Å². The molecule has 0 saturated carbocycles. The second kappa shape index (κ2) is 10.1. The summed E-state index contributed by atoms with van der Waals surface area (Å²) in [5, 5.41) is 5.26. The average molecular weight is 562 g/mol. The number of rotatable bonds is 5. The standard InChI is InChI=1S/C43H31N/c1-2-10-30(11-3-1)32-21-18-29(19-22-32)20-25-37-35-14-6-7-15-36(35)38-26-27-41-43(42(37)38)39-16-8-9-17-40(39)44(41)34-24-23-31-12-4-5-13-33(31)28-34/h1-19,21-24,26-28,37H,20,25H2. The van der Waals surface area contributed by atoms with Crippen LogP contribution in [0.25, 0.3) is 60.5 Å². The zero-order valence-electron chi connectivity index (χ0n) is 24.4. The largest absolute Gasteiger partial charge is 0.309 e. The number of aromatic nitrogens is 1. The van der Waals surface area contributed by atoms with Crippen molar-refractivity contribution in [1.29, 1.82) is 0 Å². The summed E-state index contributed by atoms with van der Waals surface area (Å²) in [4.78, 5) is 0. The van der Waals surface area contributed by atoms with Gasteiger partial charge in [-0.05, 0) is 86.8 Å². The Morgan fingerprint density at radius 2 is 1.23 bits per heavy atom. The smallest absolute Gasteiger partial charge is 0.0544 e. The predicted octanol–water partition coefficient (Wildman–Crippen LogP) is 11.3. The number of para-hydroxylation sites is 1. The van der Waals surface area contributed by atoms with Crippen molar-refractivity contribution in [3.8, 4) is 27.9 Å². The second-order valence-corrected chi connectivity index (χ2v) is 12.0. The molecule has 0 spiro atoms. The van der Waals surface area contributed by atoms with Crippen LogP contribution in [0.1, 0.15) is 29.0 Å². The third-order valence-electron chi connectivity index (χ3n) is 9.63. The van der Waals surface area contributed by atoms with Crippen LogP contribution in [0.2, 0.25) is 0 Å². The van der Waals surface area contributed by atoms with Crippen LogP contribution in [0.15, 0.2) is 158 Å². The summed E-state index contributed by atoms with van der Waals surface area (Å²) in [6, 6.07) is 58.1. The highest BCUT2D eigenvalue weighted by molar-refractivity contribution is 6.14. The third-order valence-corrected chi connectivity index (χ3v) is 9.63. The fourth-order valence-corrected chi connectivity index (χ4v) is 7.58. The highest BCUT2D eigenvalue weighted by atomic mass is 15.0. The van der Waals surface area contributed by atoms with Crippen LogP contribution >= 0.6 is 0 Å². The van der Waals surface area contributed by atoms with Crippen LogP contribution in [-0.2, 0) is 6.42 Å². The van der Waals surface area contributed by atoms with Crippen molar-refractivity contribution >= 4 is 32.6 Å². The van der Waals surface area contributed by atoms with E-state index in [0.717, 1.165) is 12.8 Å². The Balaban J connectivity index is 1.18. The first-order valence-electron chi connectivity index (χ1n) is 15.6. The molecular formula is C43H31N. The molecule has 1 unspecified atom stereocenters. The maximum Gasteiger partial charge on any atom is 0.0544 e. The first kappa shape index (κ1) is 25.1. The van der Waals surface area contributed by atoms with Crippen LogP contribution in [0.3, 0.4) is 0 Å². The van der Waals surface area contributed by atoms with Gasteiger partial charge in [-0.3, -0.25) is 0 Å². The summed E-state index contributed by atoms with van der Waals surface area (Å²) in [6.45, 7) is 0. The molecule has 1 heteroatoms. The summed E-state index contributed by atoms with van der Waals surface area (Å²) in [6.07, 6.45) is 2.11. The number of hydrogen-bond donors (Lipinski definition) is 0. The van der Waals surface area contributed by atoms with E-state index in [-0.39, 0.29) is 0 Å². The zero-order chi connectivity index (χ0) is 29.0. The van der Waals surface area contributed by atoms with E-state index in [0.29, 0.717) is 5.92 Å². The molecule has 1 atom stereocenters. The van der Waals surface area contributed by atoms with Gasteiger partial charge >= 0.3 is 0 Å². The Morgan fingerprint density at radius 1 is 0.500 bits per heavy atom. The maximum atomic E-state index is 2.47. The lowest BCUT2D eigenvalue weighted by Crippen LogP contribution is -2.00. The van der Waals surface area contributed by atoms with Crippen molar-refractivity contribution in [2.75, 3.05) is 0 Å². The molecule has 9 rings (SSSR count). The minimum atomic E-state index is 0.342. The van der Waals surface area contributed by atoms with E-state index >= 15 is 0 Å². The number of aryl methyl sites for hydroxylation is 1. The summed E-state index contributed by atoms with van der Waals surface area (Å²) >= 11 is 0. The quantitative estimate of drug-likeness (QED) is 0.197. The molecule has 0 amide bonds. The molecule has 0 saturated heterocycles. The molecule has 0 fully saturated rings. The van der Waals surface area contributed by atoms with Crippen LogP contribution in [0.4, 0.5) is 0 Å². The Kier molecular flexibility index (Phi) is 5.77. The van der Waals surface area contributed by atoms with Crippen molar-refractivity contribution in [3.05, 3.63) is 174 Å². The van der Waals surface area contributed by atoms with Gasteiger partial charge in [0.2, 0.25) is 0 Å². The van der Waals surface area contributed by atoms with Crippen LogP contribution in [0.5, 0.6) is 0 Å². The van der Waals surface area contributed by atoms with Crippen LogP contribution < -0.4 is 0 Å². The molecule has 208 valence electrons. The van der Waals surface area contributed by atoms with E-state index in [9.17, 15) is 0 Å². The predicted molar refractivity (Wildman–Crippen MR) is 186 cm³/mol. The van der Waals surface area contributed by atoms with Gasteiger partial charge in [0.05, 0.1) is 11.0 Å². The highest BCUT2D eigenvalue weighted by Gasteiger charge is 2.32. The van der Waals surface area contributed by atoms with Gasteiger partial charge in [-0.15, -0.1) is 0 Å². The molecule has 44 heavy (non-hydrogen) atoms. The average Bonchev–Trinajstić information content (AvgIpc) is 3.60. The van der Waals surface area contributed by atoms with E-state index in [1.807, 2.05) is 0 Å². The lowest BCUT2D eigenvalue weighted by Gasteiger charge is -2.16. The van der Waals surface area contributed by atoms with Crippen molar-refractivity contribution in [2.24, 2.45) is 0 Å². The van der Waals surface area contributed by atoms with Crippen molar-refractivity contribution in [1.82, 2.24) is 4.57 Å². The first-order valence-corrected chi connectivity index (χ1v) is 15.6. The summed E-state index contributed by atoms with van der Waals surface area (Å²) < 4.78 is 2.47. The summed E-state index contributed by atoms with van der Waals surface area (Å²) in [5.74, 6) is 0.342. The number of hydrogen-bond acceptors (Lipinski definition) is 0. The Labute approximate surface area is 257 Å². The Bertz CT molecular complexity index is 2320. The normalized spacial score (nSPS) is 13.9. The van der Waals surface area contributed by atoms with Gasteiger partial charge in [0.25, 0.3) is 0 Å². The second-order valence-electron chi connectivity index (χ2n) is 12.0. The zero-order valence-corrected chi connectivity index (χ0v) is 24.4. The fourth-order valence-electron chi connectivity index (χ4n) is 7.58. The molecule has 0 bridgehead atoms. The first-order chi connectivity index (χ1) is 21.8. The number of fused-ring (bicyclic) bond motifs is 8. The molecule has 1 aliphatic carbocycles. The minimum absolute atomic E-state index is 0.342. The molecule has 8 aromatic rings. The van der Waals surface area contributed by atoms with Gasteiger partial charge in [0.15, 0.2) is 0 Å². The third kappa shape index (κ3) is 3.93. The molecule has 0 N–H and O–H groups in total. The number of nitrogens with zero attached hydrogens (tertiary/aromatic N) is 1. The van der Waals surface area contributed by atoms with E-state index in [2.05, 4.69) is 162 Å². The molecule has 1 nitrogen and oxygen atoms in total. The maximum absolute atomic E-state index is 2.47. The van der Waals surface area contributed by atoms with Crippen LogP contribution in [-0.4, -0.2) is 4.57 Å². The lowest BCUT2D eigenvalue weighted by molar-refractivity contribution is 0.734. The molecule has 0 radical (unpaired) electrons. The SMILES string of the molecule is c1ccc(-c2ccc(CCC3c4ccccc4-c4ccc5c(c43)c3ccccc3n5-c3ccc4ccccc4c3)cc2)cc1. The lowest BCUT2D eigenvalue weighted by atomic mass is 9.88. The van der Waals surface area contributed by atoms with E-state index < -0.39 is 0 Å². The summed E-state index contributed by atoms with van der Waals surface area (Å²) in [7, 11) is 0. The van der Waals surface area contributed by atoms with Gasteiger partial charge in [0, 0.05) is 22.4 Å². The van der Waals surface area contributed by atoms with E-state index in [1.54, 1.807) is 0 Å². The van der Waals surface area contributed by atoms with Gasteiger partial charge in [0.1, 0.15) is 0 Å². The van der Waals surface area contributed by atoms with Gasteiger partial charge in [-0.25, -0.2) is 0 Å². The van der Waals surface area contributed by atoms with Crippen molar-refractivity contribution in [2.45, 2.75) is 18.8 Å². The highest BCUT2D eigenvalue weighted by Crippen LogP contribution is 2.51. The minimum Gasteiger partial charge on any atom is -0.309 e. The van der Waals surface area contributed by atoms with Crippen molar-refractivity contribution < 1.29 is 0 Å². The van der Waals surface area contributed by atoms with Gasteiger partial charge < -0.3 is 4.57 Å². The monoisotopic (exact) mass is 561 g/mol. The molecular weight excluding hydrogens is 530 g/mol. The Morgan fingerprint density at radius 3 is 2.11 bits per heavy atom.